The zero-order valence-corrected chi connectivity index (χ0v) is 17.8. The molecule has 0 saturated heterocycles. The molecule has 0 spiro atoms. The molecule has 0 atom stereocenters. The first-order chi connectivity index (χ1) is 15.8. The molecule has 5 nitrogen and oxygen atoms in total. The standard InChI is InChI=1S/C24H16F3N3O2S/c25-24(26,27)23-14-22(30(28-23)19-10-8-18(9-11-19)29-33(31)32)17-7-12-21-16(13-17)6-5-15-3-1-2-4-20(15)21/h1-14,33H,(H,29,31,32). The second kappa shape index (κ2) is 7.93. The Morgan fingerprint density at radius 1 is 0.788 bits per heavy atom. The summed E-state index contributed by atoms with van der Waals surface area (Å²) in [5.74, 6) is 0. The van der Waals surface area contributed by atoms with Gasteiger partial charge in [-0.05, 0) is 57.9 Å². The first-order valence-electron chi connectivity index (χ1n) is 9.90. The van der Waals surface area contributed by atoms with Crippen LogP contribution < -0.4 is 4.72 Å². The fourth-order valence-electron chi connectivity index (χ4n) is 3.88. The minimum atomic E-state index is -4.62. The number of hydrogen-bond acceptors (Lipinski definition) is 3. The molecule has 33 heavy (non-hydrogen) atoms. The van der Waals surface area contributed by atoms with Crippen LogP contribution in [0.1, 0.15) is 5.69 Å². The van der Waals surface area contributed by atoms with Gasteiger partial charge in [-0.15, -0.1) is 0 Å². The van der Waals surface area contributed by atoms with Crippen molar-refractivity contribution in [3.05, 3.63) is 90.6 Å². The average Bonchev–Trinajstić information content (AvgIpc) is 3.25. The zero-order chi connectivity index (χ0) is 23.2. The minimum absolute atomic E-state index is 0.271. The van der Waals surface area contributed by atoms with Crippen molar-refractivity contribution in [3.8, 4) is 16.9 Å². The van der Waals surface area contributed by atoms with Gasteiger partial charge in [0.1, 0.15) is 0 Å². The maximum absolute atomic E-state index is 13.5. The Morgan fingerprint density at radius 2 is 1.48 bits per heavy atom. The fourth-order valence-corrected chi connectivity index (χ4v) is 4.24. The molecule has 0 aliphatic heterocycles. The number of hydrogen-bond donors (Lipinski definition) is 2. The molecule has 0 amide bonds. The predicted molar refractivity (Wildman–Crippen MR) is 123 cm³/mol. The molecule has 5 rings (SSSR count). The van der Waals surface area contributed by atoms with E-state index in [2.05, 4.69) is 9.82 Å². The molecule has 5 aromatic rings. The zero-order valence-electron chi connectivity index (χ0n) is 16.9. The van der Waals surface area contributed by atoms with Crippen LogP contribution in [0.4, 0.5) is 18.9 Å². The van der Waals surface area contributed by atoms with Crippen molar-refractivity contribution in [1.29, 1.82) is 0 Å². The third kappa shape index (κ3) is 4.03. The highest BCUT2D eigenvalue weighted by Crippen LogP contribution is 2.35. The van der Waals surface area contributed by atoms with E-state index in [1.165, 1.54) is 28.9 Å². The molecule has 166 valence electrons. The molecule has 0 unspecified atom stereocenters. The molecule has 0 aliphatic rings. The van der Waals surface area contributed by atoms with E-state index in [4.69, 9.17) is 0 Å². The first kappa shape index (κ1) is 21.0. The maximum atomic E-state index is 13.5. The highest BCUT2D eigenvalue weighted by atomic mass is 32.2. The Labute approximate surface area is 188 Å². The molecule has 0 bridgehead atoms. The van der Waals surface area contributed by atoms with Crippen molar-refractivity contribution in [1.82, 2.24) is 9.78 Å². The second-order valence-electron chi connectivity index (χ2n) is 7.46. The summed E-state index contributed by atoms with van der Waals surface area (Å²) in [6.07, 6.45) is -4.62. The van der Waals surface area contributed by atoms with E-state index >= 15 is 0 Å². The second-order valence-corrected chi connectivity index (χ2v) is 8.20. The number of thiol groups is 1. The van der Waals surface area contributed by atoms with Gasteiger partial charge in [-0.2, -0.15) is 18.3 Å². The SMILES string of the molecule is O=[SH](=O)Nc1ccc(-n2nc(C(F)(F)F)cc2-c2ccc3c(ccc4ccccc43)c2)cc1. The largest absolute Gasteiger partial charge is 0.435 e. The van der Waals surface area contributed by atoms with Crippen LogP contribution in [-0.4, -0.2) is 18.2 Å². The third-order valence-corrected chi connectivity index (χ3v) is 5.81. The van der Waals surface area contributed by atoms with Crippen LogP contribution in [0, 0.1) is 0 Å². The Kier molecular flexibility index (Phi) is 5.05. The summed E-state index contributed by atoms with van der Waals surface area (Å²) in [6.45, 7) is 0. The molecular weight excluding hydrogens is 451 g/mol. The van der Waals surface area contributed by atoms with Gasteiger partial charge in [0.2, 0.25) is 10.9 Å². The highest BCUT2D eigenvalue weighted by Gasteiger charge is 2.35. The van der Waals surface area contributed by atoms with Crippen LogP contribution in [0.15, 0.2) is 84.9 Å². The van der Waals surface area contributed by atoms with Gasteiger partial charge in [-0.3, -0.25) is 4.72 Å². The average molecular weight is 467 g/mol. The molecule has 1 heterocycles. The Bertz CT molecular complexity index is 1560. The summed E-state index contributed by atoms with van der Waals surface area (Å²) in [5, 5.41) is 7.84. The number of benzene rings is 4. The number of anilines is 1. The molecule has 0 aliphatic carbocycles. The summed E-state index contributed by atoms with van der Waals surface area (Å²) in [7, 11) is -2.85. The van der Waals surface area contributed by atoms with Gasteiger partial charge >= 0.3 is 6.18 Å². The molecular formula is C24H16F3N3O2S. The van der Waals surface area contributed by atoms with Crippen LogP contribution in [0.5, 0.6) is 0 Å². The monoisotopic (exact) mass is 467 g/mol. The van der Waals surface area contributed by atoms with Crippen LogP contribution in [-0.2, 0) is 17.1 Å². The maximum Gasteiger partial charge on any atom is 0.435 e. The van der Waals surface area contributed by atoms with E-state index < -0.39 is 22.8 Å². The molecule has 1 N–H and O–H groups in total. The number of halogens is 3. The summed E-state index contributed by atoms with van der Waals surface area (Å²) in [6, 6.07) is 24.3. The summed E-state index contributed by atoms with van der Waals surface area (Å²) >= 11 is 0. The number of rotatable bonds is 4. The quantitative estimate of drug-likeness (QED) is 0.259. The topological polar surface area (TPSA) is 64.0 Å². The molecule has 4 aromatic carbocycles. The van der Waals surface area contributed by atoms with Gasteiger partial charge < -0.3 is 0 Å². The van der Waals surface area contributed by atoms with Crippen molar-refractivity contribution in [2.45, 2.75) is 6.18 Å². The predicted octanol–water partition coefficient (Wildman–Crippen LogP) is 5.80. The Morgan fingerprint density at radius 3 is 2.21 bits per heavy atom. The minimum Gasteiger partial charge on any atom is -0.286 e. The van der Waals surface area contributed by atoms with Crippen LogP contribution >= 0.6 is 0 Å². The van der Waals surface area contributed by atoms with Crippen molar-refractivity contribution in [2.24, 2.45) is 0 Å². The van der Waals surface area contributed by atoms with Crippen LogP contribution in [0.3, 0.4) is 0 Å². The van der Waals surface area contributed by atoms with Crippen molar-refractivity contribution < 1.29 is 21.6 Å². The van der Waals surface area contributed by atoms with Gasteiger partial charge in [0, 0.05) is 11.3 Å². The third-order valence-electron chi connectivity index (χ3n) is 5.37. The van der Waals surface area contributed by atoms with E-state index in [0.29, 0.717) is 16.9 Å². The Hall–Kier alpha value is -3.85. The lowest BCUT2D eigenvalue weighted by atomic mass is 9.99. The van der Waals surface area contributed by atoms with E-state index in [1.54, 1.807) is 6.07 Å². The van der Waals surface area contributed by atoms with Gasteiger partial charge in [0.25, 0.3) is 0 Å². The lowest BCUT2D eigenvalue weighted by Crippen LogP contribution is -2.07. The molecule has 0 radical (unpaired) electrons. The number of nitrogens with one attached hydrogen (secondary N) is 1. The molecule has 0 saturated carbocycles. The van der Waals surface area contributed by atoms with Gasteiger partial charge in [0.15, 0.2) is 5.69 Å². The summed E-state index contributed by atoms with van der Waals surface area (Å²) in [4.78, 5) is 0. The lowest BCUT2D eigenvalue weighted by Gasteiger charge is -2.10. The summed E-state index contributed by atoms with van der Waals surface area (Å²) in [5.41, 5.74) is 0.502. The van der Waals surface area contributed by atoms with Crippen LogP contribution in [0.2, 0.25) is 0 Å². The molecule has 9 heteroatoms. The van der Waals surface area contributed by atoms with E-state index in [1.807, 2.05) is 48.5 Å². The first-order valence-corrected chi connectivity index (χ1v) is 11.1. The van der Waals surface area contributed by atoms with E-state index in [0.717, 1.165) is 27.6 Å². The van der Waals surface area contributed by atoms with Gasteiger partial charge in [-0.25, -0.2) is 13.1 Å². The van der Waals surface area contributed by atoms with E-state index in [-0.39, 0.29) is 5.69 Å². The number of nitrogens with zero attached hydrogens (tertiary/aromatic N) is 2. The van der Waals surface area contributed by atoms with Gasteiger partial charge in [0.05, 0.1) is 11.4 Å². The lowest BCUT2D eigenvalue weighted by molar-refractivity contribution is -0.141. The molecule has 1 aromatic heterocycles. The number of fused-ring (bicyclic) bond motifs is 3. The number of alkyl halides is 3. The Balaban J connectivity index is 1.66. The summed E-state index contributed by atoms with van der Waals surface area (Å²) < 4.78 is 65.6. The van der Waals surface area contributed by atoms with Crippen molar-refractivity contribution in [2.75, 3.05) is 4.72 Å². The fraction of sp³-hybridized carbons (Fsp3) is 0.0417. The van der Waals surface area contributed by atoms with Crippen molar-refractivity contribution in [3.63, 3.8) is 0 Å². The normalized spacial score (nSPS) is 12.0. The smallest absolute Gasteiger partial charge is 0.286 e. The van der Waals surface area contributed by atoms with Gasteiger partial charge in [-0.1, -0.05) is 48.5 Å². The highest BCUT2D eigenvalue weighted by molar-refractivity contribution is 7.73. The van der Waals surface area contributed by atoms with E-state index in [9.17, 15) is 21.6 Å². The molecule has 0 fully saturated rings. The van der Waals surface area contributed by atoms with Crippen molar-refractivity contribution >= 4 is 38.1 Å². The van der Waals surface area contributed by atoms with Crippen LogP contribution in [0.25, 0.3) is 38.5 Å². The number of aromatic nitrogens is 2.